The van der Waals surface area contributed by atoms with E-state index in [1.54, 1.807) is 12.1 Å². The third kappa shape index (κ3) is 2.89. The van der Waals surface area contributed by atoms with Crippen LogP contribution < -0.4 is 4.90 Å². The van der Waals surface area contributed by atoms with Crippen LogP contribution in [0.5, 0.6) is 0 Å². The second kappa shape index (κ2) is 6.32. The van der Waals surface area contributed by atoms with Crippen molar-refractivity contribution in [3.05, 3.63) is 47.4 Å². The van der Waals surface area contributed by atoms with Crippen molar-refractivity contribution in [2.24, 2.45) is 11.8 Å². The predicted octanol–water partition coefficient (Wildman–Crippen LogP) is 4.51. The number of hydrogen-bond acceptors (Lipinski definition) is 3. The minimum atomic E-state index is -0.225. The summed E-state index contributed by atoms with van der Waals surface area (Å²) in [5.74, 6) is 2.37. The van der Waals surface area contributed by atoms with E-state index in [4.69, 9.17) is 10.1 Å². The fraction of sp³-hybridized carbons (Fsp3) is 0.455. The Balaban J connectivity index is 1.67. The average Bonchev–Trinajstić information content (AvgIpc) is 3.25. The van der Waals surface area contributed by atoms with E-state index >= 15 is 0 Å². The number of benzene rings is 1. The fourth-order valence-corrected chi connectivity index (χ4v) is 4.89. The molecule has 4 nitrogen and oxygen atoms in total. The number of aromatic nitrogens is 3. The number of halogens is 1. The number of piperidine rings is 1. The van der Waals surface area contributed by atoms with Gasteiger partial charge in [0, 0.05) is 36.0 Å². The third-order valence-corrected chi connectivity index (χ3v) is 5.91. The summed E-state index contributed by atoms with van der Waals surface area (Å²) < 4.78 is 15.3. The molecule has 1 aromatic carbocycles. The number of rotatable bonds is 2. The highest BCUT2D eigenvalue weighted by Gasteiger charge is 2.29. The molecule has 1 aliphatic heterocycles. The van der Waals surface area contributed by atoms with Gasteiger partial charge in [0.1, 0.15) is 11.6 Å². The van der Waals surface area contributed by atoms with Crippen LogP contribution in [-0.2, 0) is 12.8 Å². The minimum Gasteiger partial charge on any atom is -0.356 e. The van der Waals surface area contributed by atoms with Crippen molar-refractivity contribution in [3.8, 4) is 11.3 Å². The van der Waals surface area contributed by atoms with Gasteiger partial charge in [-0.1, -0.05) is 13.8 Å². The summed E-state index contributed by atoms with van der Waals surface area (Å²) in [6, 6.07) is 8.58. The van der Waals surface area contributed by atoms with Crippen LogP contribution >= 0.6 is 0 Å². The molecule has 0 amide bonds. The Hall–Kier alpha value is -2.43. The van der Waals surface area contributed by atoms with Crippen LogP contribution in [0.3, 0.4) is 0 Å². The topological polar surface area (TPSA) is 33.4 Å². The van der Waals surface area contributed by atoms with Gasteiger partial charge in [-0.2, -0.15) is 9.61 Å². The van der Waals surface area contributed by atoms with Crippen molar-refractivity contribution >= 4 is 11.5 Å². The molecule has 2 aliphatic rings. The Morgan fingerprint density at radius 3 is 2.52 bits per heavy atom. The summed E-state index contributed by atoms with van der Waals surface area (Å²) >= 11 is 0. The molecule has 0 spiro atoms. The zero-order valence-corrected chi connectivity index (χ0v) is 16.0. The first kappa shape index (κ1) is 16.7. The van der Waals surface area contributed by atoms with E-state index in [1.807, 2.05) is 10.6 Å². The van der Waals surface area contributed by atoms with Crippen molar-refractivity contribution in [1.29, 1.82) is 0 Å². The monoisotopic (exact) mass is 364 g/mol. The number of aryl methyl sites for hydroxylation is 1. The van der Waals surface area contributed by atoms with Gasteiger partial charge < -0.3 is 4.90 Å². The fourth-order valence-electron chi connectivity index (χ4n) is 4.89. The van der Waals surface area contributed by atoms with Crippen molar-refractivity contribution in [1.82, 2.24) is 14.6 Å². The first-order valence-electron chi connectivity index (χ1n) is 10.0. The van der Waals surface area contributed by atoms with Gasteiger partial charge in [-0.05, 0) is 61.8 Å². The summed E-state index contributed by atoms with van der Waals surface area (Å²) in [4.78, 5) is 7.44. The minimum absolute atomic E-state index is 0.225. The van der Waals surface area contributed by atoms with Gasteiger partial charge in [0.2, 0.25) is 0 Å². The Morgan fingerprint density at radius 1 is 1.04 bits per heavy atom. The summed E-state index contributed by atoms with van der Waals surface area (Å²) in [7, 11) is 0. The predicted molar refractivity (Wildman–Crippen MR) is 106 cm³/mol. The number of anilines is 1. The van der Waals surface area contributed by atoms with Crippen LogP contribution in [0.15, 0.2) is 30.3 Å². The highest BCUT2D eigenvalue weighted by atomic mass is 19.1. The van der Waals surface area contributed by atoms with E-state index in [9.17, 15) is 4.39 Å². The molecule has 1 saturated heterocycles. The second-order valence-corrected chi connectivity index (χ2v) is 8.37. The smallest absolute Gasteiger partial charge is 0.158 e. The molecule has 0 N–H and O–H groups in total. The van der Waals surface area contributed by atoms with E-state index in [0.29, 0.717) is 11.8 Å². The molecule has 3 heterocycles. The van der Waals surface area contributed by atoms with Crippen LogP contribution in [0.4, 0.5) is 10.2 Å². The zero-order valence-electron chi connectivity index (χ0n) is 16.0. The van der Waals surface area contributed by atoms with Crippen LogP contribution in [-0.4, -0.2) is 27.7 Å². The van der Waals surface area contributed by atoms with Gasteiger partial charge in [-0.3, -0.25) is 0 Å². The molecule has 0 saturated carbocycles. The SMILES string of the molecule is C[C@@H]1C[C@@H](C)CN(c2c3c(nc4cc(-c5ccc(F)cc5)nn24)CCC3)C1. The molecular formula is C22H25FN4. The standard InChI is InChI=1S/C22H25FN4/c1-14-10-15(2)13-26(12-14)22-18-4-3-5-19(18)24-21-11-20(25-27(21)22)16-6-8-17(23)9-7-16/h6-9,11,14-15H,3-5,10,12-13H2,1-2H3/t14-,15-/m1/s1. The molecule has 0 radical (unpaired) electrons. The highest BCUT2D eigenvalue weighted by Crippen LogP contribution is 2.35. The first-order chi connectivity index (χ1) is 13.1. The number of nitrogens with zero attached hydrogens (tertiary/aromatic N) is 4. The Kier molecular flexibility index (Phi) is 3.92. The molecule has 5 heteroatoms. The summed E-state index contributed by atoms with van der Waals surface area (Å²) in [5.41, 5.74) is 5.28. The quantitative estimate of drug-likeness (QED) is 0.671. The van der Waals surface area contributed by atoms with Crippen LogP contribution in [0, 0.1) is 17.7 Å². The van der Waals surface area contributed by atoms with Crippen molar-refractivity contribution in [3.63, 3.8) is 0 Å². The molecule has 0 bridgehead atoms. The maximum Gasteiger partial charge on any atom is 0.158 e. The van der Waals surface area contributed by atoms with E-state index in [-0.39, 0.29) is 5.82 Å². The van der Waals surface area contributed by atoms with Gasteiger partial charge in [-0.25, -0.2) is 9.37 Å². The van der Waals surface area contributed by atoms with E-state index in [2.05, 4.69) is 18.7 Å². The first-order valence-corrected chi connectivity index (χ1v) is 10.0. The Labute approximate surface area is 159 Å². The normalized spacial score (nSPS) is 22.4. The lowest BCUT2D eigenvalue weighted by molar-refractivity contribution is 0.353. The van der Waals surface area contributed by atoms with Crippen LogP contribution in [0.1, 0.15) is 37.9 Å². The second-order valence-electron chi connectivity index (χ2n) is 8.37. The molecule has 1 aliphatic carbocycles. The van der Waals surface area contributed by atoms with Gasteiger partial charge in [0.15, 0.2) is 5.65 Å². The van der Waals surface area contributed by atoms with E-state index in [0.717, 1.165) is 42.8 Å². The van der Waals surface area contributed by atoms with E-state index < -0.39 is 0 Å². The van der Waals surface area contributed by atoms with Gasteiger partial charge in [-0.15, -0.1) is 0 Å². The summed E-state index contributed by atoms with van der Waals surface area (Å²) in [5, 5.41) is 4.91. The molecule has 140 valence electrons. The number of fused-ring (bicyclic) bond motifs is 2. The molecule has 3 aromatic rings. The highest BCUT2D eigenvalue weighted by molar-refractivity contribution is 5.67. The van der Waals surface area contributed by atoms with Gasteiger partial charge >= 0.3 is 0 Å². The third-order valence-electron chi connectivity index (χ3n) is 5.91. The molecule has 27 heavy (non-hydrogen) atoms. The average molecular weight is 364 g/mol. The molecule has 0 unspecified atom stereocenters. The van der Waals surface area contributed by atoms with Crippen LogP contribution in [0.2, 0.25) is 0 Å². The Morgan fingerprint density at radius 2 is 1.78 bits per heavy atom. The molecular weight excluding hydrogens is 339 g/mol. The van der Waals surface area contributed by atoms with Crippen LogP contribution in [0.25, 0.3) is 16.9 Å². The number of hydrogen-bond donors (Lipinski definition) is 0. The van der Waals surface area contributed by atoms with Crippen molar-refractivity contribution in [2.75, 3.05) is 18.0 Å². The molecule has 1 fully saturated rings. The molecule has 2 atom stereocenters. The largest absolute Gasteiger partial charge is 0.356 e. The lowest BCUT2D eigenvalue weighted by atomic mass is 9.91. The molecule has 2 aromatic heterocycles. The zero-order chi connectivity index (χ0) is 18.5. The van der Waals surface area contributed by atoms with Crippen molar-refractivity contribution < 1.29 is 4.39 Å². The lowest BCUT2D eigenvalue weighted by Gasteiger charge is -2.37. The Bertz CT molecular complexity index is 982. The maximum atomic E-state index is 13.3. The van der Waals surface area contributed by atoms with Crippen molar-refractivity contribution in [2.45, 2.75) is 39.5 Å². The summed E-state index contributed by atoms with van der Waals surface area (Å²) in [6.07, 6.45) is 4.59. The summed E-state index contributed by atoms with van der Waals surface area (Å²) in [6.45, 7) is 6.83. The maximum absolute atomic E-state index is 13.3. The van der Waals surface area contributed by atoms with Gasteiger partial charge in [0.25, 0.3) is 0 Å². The van der Waals surface area contributed by atoms with E-state index in [1.165, 1.54) is 42.0 Å². The lowest BCUT2D eigenvalue weighted by Crippen LogP contribution is -2.40. The van der Waals surface area contributed by atoms with Gasteiger partial charge in [0.05, 0.1) is 5.69 Å². The molecule has 5 rings (SSSR count).